The van der Waals surface area contributed by atoms with E-state index in [0.29, 0.717) is 43.6 Å². The number of carbonyl (C=O) groups is 1. The van der Waals surface area contributed by atoms with E-state index < -0.39 is 11.7 Å². The van der Waals surface area contributed by atoms with Gasteiger partial charge in [0.2, 0.25) is 0 Å². The van der Waals surface area contributed by atoms with E-state index >= 15 is 0 Å². The largest absolute Gasteiger partial charge is 0.390 e. The van der Waals surface area contributed by atoms with Crippen LogP contribution >= 0.6 is 0 Å². The van der Waals surface area contributed by atoms with E-state index in [1.165, 1.54) is 0 Å². The maximum absolute atomic E-state index is 12.7. The Morgan fingerprint density at radius 3 is 2.87 bits per heavy atom. The Morgan fingerprint density at radius 2 is 2.09 bits per heavy atom. The van der Waals surface area contributed by atoms with E-state index in [0.717, 1.165) is 18.4 Å². The van der Waals surface area contributed by atoms with Gasteiger partial charge in [0.05, 0.1) is 11.7 Å². The number of H-pyrrole nitrogens is 1. The fourth-order valence-corrected chi connectivity index (χ4v) is 3.63. The molecule has 1 unspecified atom stereocenters. The van der Waals surface area contributed by atoms with E-state index in [1.54, 1.807) is 18.2 Å². The van der Waals surface area contributed by atoms with Gasteiger partial charge >= 0.3 is 0 Å². The first-order valence-electron chi connectivity index (χ1n) is 8.10. The Hall–Kier alpha value is -1.99. The number of rotatable bonds is 1. The third kappa shape index (κ3) is 2.49. The zero-order valence-electron chi connectivity index (χ0n) is 12.9. The Kier molecular flexibility index (Phi) is 3.54. The molecule has 0 bridgehead atoms. The Labute approximate surface area is 133 Å². The molecule has 1 aromatic carbocycles. The van der Waals surface area contributed by atoms with Gasteiger partial charge in [-0.1, -0.05) is 0 Å². The van der Waals surface area contributed by atoms with Crippen LogP contribution in [0.2, 0.25) is 0 Å². The molecule has 2 aliphatic rings. The summed E-state index contributed by atoms with van der Waals surface area (Å²) >= 11 is 0. The average molecular weight is 316 g/mol. The summed E-state index contributed by atoms with van der Waals surface area (Å²) in [6, 6.07) is 5.34. The second-order valence-electron chi connectivity index (χ2n) is 6.39. The number of piperidine rings is 1. The smallest absolute Gasteiger partial charge is 0.253 e. The van der Waals surface area contributed by atoms with E-state index in [1.807, 2.05) is 4.90 Å². The molecule has 2 aromatic rings. The van der Waals surface area contributed by atoms with Gasteiger partial charge < -0.3 is 14.7 Å². The molecule has 23 heavy (non-hydrogen) atoms. The van der Waals surface area contributed by atoms with Gasteiger partial charge in [-0.25, -0.2) is 0 Å². The average Bonchev–Trinajstić information content (AvgIpc) is 3.05. The number of ether oxygens (including phenoxy) is 1. The molecule has 4 rings (SSSR count). The van der Waals surface area contributed by atoms with Crippen molar-refractivity contribution < 1.29 is 14.6 Å². The third-order valence-electron chi connectivity index (χ3n) is 5.08. The van der Waals surface area contributed by atoms with Crippen molar-refractivity contribution in [2.24, 2.45) is 0 Å². The van der Waals surface area contributed by atoms with Crippen molar-refractivity contribution in [1.29, 1.82) is 0 Å². The van der Waals surface area contributed by atoms with Gasteiger partial charge in [-0.2, -0.15) is 15.4 Å². The fourth-order valence-electron chi connectivity index (χ4n) is 3.63. The number of hydrogen-bond donors (Lipinski definition) is 2. The van der Waals surface area contributed by atoms with Crippen LogP contribution in [-0.4, -0.2) is 62.7 Å². The van der Waals surface area contributed by atoms with Crippen LogP contribution in [0.3, 0.4) is 0 Å². The standard InChI is InChI=1S/C16H20N4O3/c21-14-2-1-9-23-16(14)5-7-20(8-6-16)15(22)11-3-4-12-13(10-11)18-19-17-12/h3-4,10,14,21H,1-2,5-9H2,(H,17,18,19). The summed E-state index contributed by atoms with van der Waals surface area (Å²) in [7, 11) is 0. The highest BCUT2D eigenvalue weighted by atomic mass is 16.5. The number of aliphatic hydroxyl groups excluding tert-OH is 1. The quantitative estimate of drug-likeness (QED) is 0.822. The van der Waals surface area contributed by atoms with Crippen LogP contribution in [0.5, 0.6) is 0 Å². The highest BCUT2D eigenvalue weighted by Crippen LogP contribution is 2.35. The number of nitrogens with zero attached hydrogens (tertiary/aromatic N) is 3. The van der Waals surface area contributed by atoms with Crippen LogP contribution in [-0.2, 0) is 4.74 Å². The summed E-state index contributed by atoms with van der Waals surface area (Å²) < 4.78 is 5.89. The summed E-state index contributed by atoms with van der Waals surface area (Å²) in [4.78, 5) is 14.5. The van der Waals surface area contributed by atoms with E-state index in [-0.39, 0.29) is 5.91 Å². The molecule has 7 nitrogen and oxygen atoms in total. The molecule has 7 heteroatoms. The minimum Gasteiger partial charge on any atom is -0.390 e. The SMILES string of the molecule is O=C(c1ccc2n[nH]nc2c1)N1CCC2(CC1)OCCCC2O. The molecule has 0 radical (unpaired) electrons. The van der Waals surface area contributed by atoms with Crippen LogP contribution < -0.4 is 0 Å². The van der Waals surface area contributed by atoms with Crippen molar-refractivity contribution in [3.8, 4) is 0 Å². The van der Waals surface area contributed by atoms with Gasteiger partial charge in [0, 0.05) is 25.3 Å². The summed E-state index contributed by atoms with van der Waals surface area (Å²) in [5.41, 5.74) is 1.60. The monoisotopic (exact) mass is 316 g/mol. The normalized spacial score (nSPS) is 24.2. The summed E-state index contributed by atoms with van der Waals surface area (Å²) in [6.45, 7) is 1.91. The minimum absolute atomic E-state index is 0.00458. The van der Waals surface area contributed by atoms with Gasteiger partial charge in [0.25, 0.3) is 5.91 Å². The molecule has 1 spiro atoms. The van der Waals surface area contributed by atoms with E-state index in [9.17, 15) is 9.90 Å². The molecule has 0 saturated carbocycles. The number of aliphatic hydroxyl groups is 1. The van der Waals surface area contributed by atoms with Crippen LogP contribution in [0.15, 0.2) is 18.2 Å². The van der Waals surface area contributed by atoms with Crippen molar-refractivity contribution in [2.75, 3.05) is 19.7 Å². The zero-order chi connectivity index (χ0) is 15.9. The summed E-state index contributed by atoms with van der Waals surface area (Å²) in [6.07, 6.45) is 2.65. The first-order chi connectivity index (χ1) is 11.2. The van der Waals surface area contributed by atoms with Gasteiger partial charge in [0.15, 0.2) is 0 Å². The van der Waals surface area contributed by atoms with Gasteiger partial charge in [-0.15, -0.1) is 0 Å². The molecule has 2 N–H and O–H groups in total. The number of carbonyl (C=O) groups excluding carboxylic acids is 1. The number of fused-ring (bicyclic) bond motifs is 1. The second-order valence-corrected chi connectivity index (χ2v) is 6.39. The van der Waals surface area contributed by atoms with Crippen LogP contribution in [0, 0.1) is 0 Å². The molecule has 0 aliphatic carbocycles. The molecule has 3 heterocycles. The lowest BCUT2D eigenvalue weighted by atomic mass is 9.82. The van der Waals surface area contributed by atoms with Gasteiger partial charge in [0.1, 0.15) is 11.0 Å². The fraction of sp³-hybridized carbons (Fsp3) is 0.562. The molecule has 2 fully saturated rings. The molecule has 122 valence electrons. The maximum atomic E-state index is 12.7. The Morgan fingerprint density at radius 1 is 1.30 bits per heavy atom. The highest BCUT2D eigenvalue weighted by Gasteiger charge is 2.44. The lowest BCUT2D eigenvalue weighted by Gasteiger charge is -2.46. The number of amides is 1. The van der Waals surface area contributed by atoms with Crippen molar-refractivity contribution in [2.45, 2.75) is 37.4 Å². The predicted octanol–water partition coefficient (Wildman–Crippen LogP) is 1.10. The molecule has 2 saturated heterocycles. The summed E-state index contributed by atoms with van der Waals surface area (Å²) in [5.74, 6) is -0.00458. The number of aromatic amines is 1. The van der Waals surface area contributed by atoms with Gasteiger partial charge in [-0.3, -0.25) is 4.79 Å². The Balaban J connectivity index is 1.48. The van der Waals surface area contributed by atoms with E-state index in [2.05, 4.69) is 15.4 Å². The first kappa shape index (κ1) is 14.6. The predicted molar refractivity (Wildman–Crippen MR) is 83.0 cm³/mol. The van der Waals surface area contributed by atoms with Crippen molar-refractivity contribution in [3.63, 3.8) is 0 Å². The number of hydrogen-bond acceptors (Lipinski definition) is 5. The zero-order valence-corrected chi connectivity index (χ0v) is 12.9. The number of likely N-dealkylation sites (tertiary alicyclic amines) is 1. The molecule has 2 aliphatic heterocycles. The third-order valence-corrected chi connectivity index (χ3v) is 5.08. The first-order valence-corrected chi connectivity index (χ1v) is 8.10. The minimum atomic E-state index is -0.453. The maximum Gasteiger partial charge on any atom is 0.253 e. The topological polar surface area (TPSA) is 91.3 Å². The molecule has 1 aromatic heterocycles. The van der Waals surface area contributed by atoms with Gasteiger partial charge in [-0.05, 0) is 43.9 Å². The lowest BCUT2D eigenvalue weighted by Crippen LogP contribution is -2.56. The van der Waals surface area contributed by atoms with Crippen LogP contribution in [0.25, 0.3) is 11.0 Å². The number of nitrogens with one attached hydrogen (secondary N) is 1. The summed E-state index contributed by atoms with van der Waals surface area (Å²) in [5, 5.41) is 20.8. The molecule has 1 atom stereocenters. The number of aromatic nitrogens is 3. The molecule has 1 amide bonds. The van der Waals surface area contributed by atoms with Crippen LogP contribution in [0.4, 0.5) is 0 Å². The number of benzene rings is 1. The highest BCUT2D eigenvalue weighted by molar-refractivity contribution is 5.97. The molecular formula is C16H20N4O3. The van der Waals surface area contributed by atoms with Crippen molar-refractivity contribution in [1.82, 2.24) is 20.3 Å². The molecular weight excluding hydrogens is 296 g/mol. The van der Waals surface area contributed by atoms with Crippen molar-refractivity contribution >= 4 is 16.9 Å². The van der Waals surface area contributed by atoms with Crippen LogP contribution in [0.1, 0.15) is 36.0 Å². The second kappa shape index (κ2) is 5.58. The Bertz CT molecular complexity index is 721. The van der Waals surface area contributed by atoms with E-state index in [4.69, 9.17) is 4.74 Å². The van der Waals surface area contributed by atoms with Crippen molar-refractivity contribution in [3.05, 3.63) is 23.8 Å². The lowest BCUT2D eigenvalue weighted by molar-refractivity contribution is -0.174.